The second-order valence-corrected chi connectivity index (χ2v) is 8.05. The van der Waals surface area contributed by atoms with Gasteiger partial charge < -0.3 is 5.32 Å². The van der Waals surface area contributed by atoms with Crippen LogP contribution in [0.15, 0.2) is 60.1 Å². The fourth-order valence-corrected chi connectivity index (χ4v) is 5.24. The van der Waals surface area contributed by atoms with E-state index in [1.54, 1.807) is 6.20 Å². The van der Waals surface area contributed by atoms with Crippen LogP contribution >= 0.6 is 11.3 Å². The van der Waals surface area contributed by atoms with E-state index in [1.807, 2.05) is 5.38 Å². The summed E-state index contributed by atoms with van der Waals surface area (Å²) < 4.78 is 0. The Labute approximate surface area is 150 Å². The molecule has 3 aliphatic carbocycles. The summed E-state index contributed by atoms with van der Waals surface area (Å²) in [6, 6.07) is 17.2. The van der Waals surface area contributed by atoms with E-state index in [4.69, 9.17) is 0 Å². The zero-order valence-electron chi connectivity index (χ0n) is 13.9. The Hall–Kier alpha value is -2.46. The second-order valence-electron chi connectivity index (χ2n) is 7.16. The summed E-state index contributed by atoms with van der Waals surface area (Å²) in [6.07, 6.45) is 2.56. The van der Waals surface area contributed by atoms with E-state index in [0.29, 0.717) is 5.13 Å². The predicted octanol–water partition coefficient (Wildman–Crippen LogP) is 4.77. The smallest absolute Gasteiger partial charge is 0.233 e. The van der Waals surface area contributed by atoms with Crippen molar-refractivity contribution in [2.24, 2.45) is 5.41 Å². The lowest BCUT2D eigenvalue weighted by atomic mass is 9.52. The summed E-state index contributed by atoms with van der Waals surface area (Å²) in [6.45, 7) is 2.11. The van der Waals surface area contributed by atoms with Crippen LogP contribution in [0.1, 0.15) is 47.4 Å². The Morgan fingerprint density at radius 2 is 1.68 bits per heavy atom. The number of carbonyl (C=O) groups is 1. The van der Waals surface area contributed by atoms with Crippen LogP contribution in [0.2, 0.25) is 0 Å². The fourth-order valence-electron chi connectivity index (χ4n) is 4.71. The van der Waals surface area contributed by atoms with E-state index in [2.05, 4.69) is 65.8 Å². The van der Waals surface area contributed by atoms with Crippen molar-refractivity contribution in [1.82, 2.24) is 4.98 Å². The third-order valence-electron chi connectivity index (χ3n) is 5.80. The van der Waals surface area contributed by atoms with Crippen molar-refractivity contribution < 1.29 is 4.79 Å². The van der Waals surface area contributed by atoms with Gasteiger partial charge in [-0.2, -0.15) is 0 Å². The van der Waals surface area contributed by atoms with Gasteiger partial charge in [0.25, 0.3) is 0 Å². The van der Waals surface area contributed by atoms with Crippen molar-refractivity contribution in [3.05, 3.63) is 82.4 Å². The van der Waals surface area contributed by atoms with Crippen LogP contribution in [-0.4, -0.2) is 10.9 Å². The molecule has 0 fully saturated rings. The number of rotatable bonds is 2. The Morgan fingerprint density at radius 3 is 2.24 bits per heavy atom. The van der Waals surface area contributed by atoms with Crippen LogP contribution in [0.25, 0.3) is 0 Å². The van der Waals surface area contributed by atoms with Gasteiger partial charge in [-0.3, -0.25) is 4.79 Å². The fraction of sp³-hybridized carbons (Fsp3) is 0.238. The molecule has 124 valence electrons. The average molecular weight is 346 g/mol. The Bertz CT molecular complexity index is 918. The van der Waals surface area contributed by atoms with Gasteiger partial charge in [0.1, 0.15) is 0 Å². The van der Waals surface area contributed by atoms with Gasteiger partial charge in [0.05, 0.1) is 5.41 Å². The van der Waals surface area contributed by atoms with E-state index >= 15 is 0 Å². The Kier molecular flexibility index (Phi) is 3.13. The minimum Gasteiger partial charge on any atom is -0.301 e. The van der Waals surface area contributed by atoms with Crippen LogP contribution in [0, 0.1) is 5.41 Å². The molecule has 0 radical (unpaired) electrons. The van der Waals surface area contributed by atoms with Crippen molar-refractivity contribution in [3.63, 3.8) is 0 Å². The highest BCUT2D eigenvalue weighted by atomic mass is 32.1. The molecule has 1 amide bonds. The SMILES string of the molecule is C[C@]1(C(=O)Nc2nccs2)CC2c3ccccc3C1c1ccccc12. The van der Waals surface area contributed by atoms with Gasteiger partial charge in [-0.25, -0.2) is 4.98 Å². The first-order valence-electron chi connectivity index (χ1n) is 8.57. The normalized spacial score (nSPS) is 26.0. The van der Waals surface area contributed by atoms with Gasteiger partial charge in [-0.15, -0.1) is 11.3 Å². The molecule has 0 spiro atoms. The molecular formula is C21H18N2OS. The predicted molar refractivity (Wildman–Crippen MR) is 100 cm³/mol. The molecule has 0 saturated carbocycles. The molecule has 0 unspecified atom stereocenters. The van der Waals surface area contributed by atoms with Crippen molar-refractivity contribution in [3.8, 4) is 0 Å². The summed E-state index contributed by atoms with van der Waals surface area (Å²) in [4.78, 5) is 17.5. The van der Waals surface area contributed by atoms with E-state index in [9.17, 15) is 4.79 Å². The second kappa shape index (κ2) is 5.27. The number of nitrogens with zero attached hydrogens (tertiary/aromatic N) is 1. The summed E-state index contributed by atoms with van der Waals surface area (Å²) in [5, 5.41) is 5.61. The molecule has 1 N–H and O–H groups in total. The first-order valence-corrected chi connectivity index (χ1v) is 9.45. The molecule has 3 nitrogen and oxygen atoms in total. The maximum Gasteiger partial charge on any atom is 0.233 e. The van der Waals surface area contributed by atoms with Gasteiger partial charge in [-0.1, -0.05) is 48.5 Å². The maximum absolute atomic E-state index is 13.3. The number of amides is 1. The van der Waals surface area contributed by atoms with E-state index in [-0.39, 0.29) is 17.7 Å². The third kappa shape index (κ3) is 2.04. The largest absolute Gasteiger partial charge is 0.301 e. The highest BCUT2D eigenvalue weighted by Crippen LogP contribution is 2.61. The van der Waals surface area contributed by atoms with E-state index in [1.165, 1.54) is 33.6 Å². The molecule has 25 heavy (non-hydrogen) atoms. The lowest BCUT2D eigenvalue weighted by Gasteiger charge is -2.50. The zero-order chi connectivity index (χ0) is 17.0. The number of benzene rings is 2. The average Bonchev–Trinajstić information content (AvgIpc) is 3.15. The minimum atomic E-state index is -0.473. The first kappa shape index (κ1) is 14.8. The van der Waals surface area contributed by atoms with Crippen molar-refractivity contribution in [1.29, 1.82) is 0 Å². The van der Waals surface area contributed by atoms with Crippen LogP contribution in [0.3, 0.4) is 0 Å². The van der Waals surface area contributed by atoms with Gasteiger partial charge in [0.2, 0.25) is 5.91 Å². The Morgan fingerprint density at radius 1 is 1.08 bits per heavy atom. The highest BCUT2D eigenvalue weighted by Gasteiger charge is 2.53. The van der Waals surface area contributed by atoms with Crippen LogP contribution < -0.4 is 5.32 Å². The molecule has 0 saturated heterocycles. The van der Waals surface area contributed by atoms with Crippen molar-refractivity contribution in [2.75, 3.05) is 5.32 Å². The topological polar surface area (TPSA) is 42.0 Å². The van der Waals surface area contributed by atoms with Crippen molar-refractivity contribution in [2.45, 2.75) is 25.2 Å². The van der Waals surface area contributed by atoms with Gasteiger partial charge >= 0.3 is 0 Å². The summed E-state index contributed by atoms with van der Waals surface area (Å²) >= 11 is 1.46. The van der Waals surface area contributed by atoms with E-state index in [0.717, 1.165) is 6.42 Å². The number of carbonyl (C=O) groups excluding carboxylic acids is 1. The summed E-state index contributed by atoms with van der Waals surface area (Å²) in [7, 11) is 0. The molecule has 4 heteroatoms. The third-order valence-corrected chi connectivity index (χ3v) is 6.49. The van der Waals surface area contributed by atoms with Crippen LogP contribution in [0.5, 0.6) is 0 Å². The molecule has 2 bridgehead atoms. The van der Waals surface area contributed by atoms with Crippen LogP contribution in [0.4, 0.5) is 5.13 Å². The first-order chi connectivity index (χ1) is 12.2. The highest BCUT2D eigenvalue weighted by molar-refractivity contribution is 7.13. The Balaban J connectivity index is 1.65. The lowest BCUT2D eigenvalue weighted by Crippen LogP contribution is -2.47. The molecule has 1 atom stereocenters. The number of aromatic nitrogens is 1. The summed E-state index contributed by atoms with van der Waals surface area (Å²) in [5.41, 5.74) is 4.89. The number of thiazole rings is 1. The monoisotopic (exact) mass is 346 g/mol. The molecular weight excluding hydrogens is 328 g/mol. The number of fused-ring (bicyclic) bond motifs is 1. The molecule has 6 rings (SSSR count). The zero-order valence-corrected chi connectivity index (χ0v) is 14.7. The van der Waals surface area contributed by atoms with Crippen molar-refractivity contribution >= 4 is 22.4 Å². The number of nitrogens with one attached hydrogen (secondary N) is 1. The molecule has 0 aliphatic heterocycles. The van der Waals surface area contributed by atoms with E-state index < -0.39 is 5.41 Å². The molecule has 3 aromatic rings. The maximum atomic E-state index is 13.3. The number of hydrogen-bond donors (Lipinski definition) is 1. The van der Waals surface area contributed by atoms with Gasteiger partial charge in [0, 0.05) is 23.4 Å². The van der Waals surface area contributed by atoms with Gasteiger partial charge in [-0.05, 0) is 35.6 Å². The lowest BCUT2D eigenvalue weighted by molar-refractivity contribution is -0.126. The van der Waals surface area contributed by atoms with Gasteiger partial charge in [0.15, 0.2) is 5.13 Å². The number of hydrogen-bond acceptors (Lipinski definition) is 3. The summed E-state index contributed by atoms with van der Waals surface area (Å²) in [5.74, 6) is 0.441. The van der Waals surface area contributed by atoms with Crippen LogP contribution in [-0.2, 0) is 4.79 Å². The molecule has 3 aliphatic rings. The number of anilines is 1. The quantitative estimate of drug-likeness (QED) is 0.726. The minimum absolute atomic E-state index is 0.0708. The molecule has 2 aromatic carbocycles. The standard InChI is InChI=1S/C21H18N2OS/c1-21(19(24)23-20-22-10-11-25-20)12-17-13-6-2-4-8-15(13)18(21)16-9-5-3-7-14(16)17/h2-11,17-18H,12H2,1H3,(H,22,23,24)/t17?,18?,21-/m0/s1. The molecule has 1 aromatic heterocycles. The molecule has 1 heterocycles.